The molecule has 3 aromatic heterocycles. The van der Waals surface area contributed by atoms with Crippen LogP contribution >= 0.6 is 23.1 Å². The Balaban J connectivity index is 1.72. The number of benzene rings is 1. The third kappa shape index (κ3) is 4.38. The van der Waals surface area contributed by atoms with E-state index in [0.29, 0.717) is 22.8 Å². The van der Waals surface area contributed by atoms with Crippen molar-refractivity contribution in [1.82, 2.24) is 14.9 Å². The van der Waals surface area contributed by atoms with Crippen LogP contribution in [0.5, 0.6) is 0 Å². The zero-order valence-electron chi connectivity index (χ0n) is 18.5. The third-order valence-corrected chi connectivity index (χ3v) is 7.45. The van der Waals surface area contributed by atoms with Gasteiger partial charge in [0.15, 0.2) is 5.16 Å². The highest BCUT2D eigenvalue weighted by Gasteiger charge is 2.20. The quantitative estimate of drug-likeness (QED) is 0.308. The van der Waals surface area contributed by atoms with E-state index in [2.05, 4.69) is 12.2 Å². The van der Waals surface area contributed by atoms with Gasteiger partial charge >= 0.3 is 0 Å². The second-order valence-corrected chi connectivity index (χ2v) is 9.76. The number of thiophene rings is 1. The molecule has 166 valence electrons. The van der Waals surface area contributed by atoms with Crippen molar-refractivity contribution >= 4 is 39.2 Å². The Morgan fingerprint density at radius 2 is 2.03 bits per heavy atom. The lowest BCUT2D eigenvalue weighted by atomic mass is 10.1. The number of rotatable bonds is 7. The first kappa shape index (κ1) is 22.4. The summed E-state index contributed by atoms with van der Waals surface area (Å²) in [6.07, 6.45) is 2.35. The van der Waals surface area contributed by atoms with E-state index >= 15 is 0 Å². The van der Waals surface area contributed by atoms with Crippen molar-refractivity contribution in [3.05, 3.63) is 74.3 Å². The van der Waals surface area contributed by atoms with Crippen molar-refractivity contribution in [3.63, 3.8) is 0 Å². The van der Waals surface area contributed by atoms with Gasteiger partial charge < -0.3 is 9.73 Å². The van der Waals surface area contributed by atoms with E-state index in [9.17, 15) is 9.59 Å². The van der Waals surface area contributed by atoms with Crippen LogP contribution in [0.15, 0.2) is 51.0 Å². The number of fused-ring (bicyclic) bond motifs is 1. The third-order valence-electron chi connectivity index (χ3n) is 5.47. The summed E-state index contributed by atoms with van der Waals surface area (Å²) in [4.78, 5) is 32.7. The number of aryl methyl sites for hydroxylation is 4. The van der Waals surface area contributed by atoms with E-state index in [1.54, 1.807) is 16.9 Å². The SMILES string of the molecule is CCc1c(C)sc2nc(SCC(=O)NCc3ccco3)n(-c3ccc(C)c(C)c3)c(=O)c12. The van der Waals surface area contributed by atoms with Crippen LogP contribution in [0.25, 0.3) is 15.9 Å². The number of thioether (sulfide) groups is 1. The number of furan rings is 1. The lowest BCUT2D eigenvalue weighted by molar-refractivity contribution is -0.118. The molecule has 0 aliphatic carbocycles. The van der Waals surface area contributed by atoms with Crippen molar-refractivity contribution in [1.29, 1.82) is 0 Å². The molecule has 3 heterocycles. The predicted octanol–water partition coefficient (Wildman–Crippen LogP) is 4.94. The predicted molar refractivity (Wildman–Crippen MR) is 130 cm³/mol. The van der Waals surface area contributed by atoms with E-state index in [1.165, 1.54) is 23.1 Å². The van der Waals surface area contributed by atoms with Crippen LogP contribution in [0.1, 0.15) is 34.3 Å². The zero-order chi connectivity index (χ0) is 22.8. The van der Waals surface area contributed by atoms with Gasteiger partial charge in [-0.25, -0.2) is 4.98 Å². The number of hydrogen-bond acceptors (Lipinski definition) is 6. The number of carbonyl (C=O) groups is 1. The van der Waals surface area contributed by atoms with Gasteiger partial charge in [-0.05, 0) is 68.1 Å². The number of nitrogens with one attached hydrogen (secondary N) is 1. The normalized spacial score (nSPS) is 11.2. The Kier molecular flexibility index (Phi) is 6.53. The van der Waals surface area contributed by atoms with Crippen LogP contribution < -0.4 is 10.9 Å². The van der Waals surface area contributed by atoms with E-state index < -0.39 is 0 Å². The molecule has 1 N–H and O–H groups in total. The number of hydrogen-bond donors (Lipinski definition) is 1. The van der Waals surface area contributed by atoms with Crippen LogP contribution in [0, 0.1) is 20.8 Å². The molecule has 0 bridgehead atoms. The Hall–Kier alpha value is -2.84. The van der Waals surface area contributed by atoms with Gasteiger partial charge in [0.1, 0.15) is 10.6 Å². The molecule has 4 rings (SSSR count). The smallest absolute Gasteiger partial charge is 0.267 e. The lowest BCUT2D eigenvalue weighted by Gasteiger charge is -2.14. The Bertz CT molecular complexity index is 1340. The minimum absolute atomic E-state index is 0.0852. The first-order chi connectivity index (χ1) is 15.4. The average Bonchev–Trinajstić information content (AvgIpc) is 3.40. The second kappa shape index (κ2) is 9.34. The van der Waals surface area contributed by atoms with Crippen molar-refractivity contribution in [2.45, 2.75) is 45.8 Å². The molecule has 0 aliphatic rings. The molecular weight excluding hydrogens is 442 g/mol. The molecule has 0 saturated heterocycles. The molecule has 0 fully saturated rings. The maximum absolute atomic E-state index is 13.7. The van der Waals surface area contributed by atoms with Gasteiger partial charge in [-0.3, -0.25) is 14.2 Å². The molecule has 0 saturated carbocycles. The summed E-state index contributed by atoms with van der Waals surface area (Å²) in [5.41, 5.74) is 3.98. The van der Waals surface area contributed by atoms with E-state index in [0.717, 1.165) is 38.5 Å². The summed E-state index contributed by atoms with van der Waals surface area (Å²) in [6.45, 7) is 8.48. The fourth-order valence-electron chi connectivity index (χ4n) is 3.59. The molecule has 0 radical (unpaired) electrons. The van der Waals surface area contributed by atoms with Gasteiger partial charge in [-0.1, -0.05) is 24.8 Å². The summed E-state index contributed by atoms with van der Waals surface area (Å²) in [5, 5.41) is 4.04. The maximum atomic E-state index is 13.7. The Morgan fingerprint density at radius 1 is 1.22 bits per heavy atom. The fourth-order valence-corrected chi connectivity index (χ4v) is 5.59. The van der Waals surface area contributed by atoms with Gasteiger partial charge in [0.2, 0.25) is 5.91 Å². The summed E-state index contributed by atoms with van der Waals surface area (Å²) in [6, 6.07) is 9.53. The van der Waals surface area contributed by atoms with E-state index in [1.807, 2.05) is 45.0 Å². The van der Waals surface area contributed by atoms with Crippen LogP contribution in [-0.2, 0) is 17.8 Å². The van der Waals surface area contributed by atoms with Gasteiger partial charge in [0, 0.05) is 4.88 Å². The Labute approximate surface area is 194 Å². The molecule has 0 spiro atoms. The number of amides is 1. The van der Waals surface area contributed by atoms with Crippen LogP contribution in [0.4, 0.5) is 0 Å². The molecule has 0 aliphatic heterocycles. The van der Waals surface area contributed by atoms with Gasteiger partial charge in [-0.15, -0.1) is 11.3 Å². The number of carbonyl (C=O) groups excluding carboxylic acids is 1. The summed E-state index contributed by atoms with van der Waals surface area (Å²) in [5.74, 6) is 0.689. The van der Waals surface area contributed by atoms with Gasteiger partial charge in [0.05, 0.1) is 29.6 Å². The Morgan fingerprint density at radius 3 is 2.72 bits per heavy atom. The molecule has 6 nitrogen and oxygen atoms in total. The maximum Gasteiger partial charge on any atom is 0.267 e. The fraction of sp³-hybridized carbons (Fsp3) is 0.292. The lowest BCUT2D eigenvalue weighted by Crippen LogP contribution is -2.26. The minimum atomic E-state index is -0.149. The highest BCUT2D eigenvalue weighted by Crippen LogP contribution is 2.30. The number of nitrogens with zero attached hydrogens (tertiary/aromatic N) is 2. The molecule has 0 unspecified atom stereocenters. The molecule has 4 aromatic rings. The van der Waals surface area contributed by atoms with Crippen molar-refractivity contribution in [3.8, 4) is 5.69 Å². The first-order valence-electron chi connectivity index (χ1n) is 10.4. The second-order valence-electron chi connectivity index (χ2n) is 7.62. The largest absolute Gasteiger partial charge is 0.467 e. The molecule has 8 heteroatoms. The molecule has 1 aromatic carbocycles. The van der Waals surface area contributed by atoms with Crippen molar-refractivity contribution in [2.24, 2.45) is 0 Å². The first-order valence-corrected chi connectivity index (χ1v) is 12.2. The van der Waals surface area contributed by atoms with E-state index in [4.69, 9.17) is 9.40 Å². The molecule has 32 heavy (non-hydrogen) atoms. The van der Waals surface area contributed by atoms with Crippen LogP contribution in [-0.4, -0.2) is 21.2 Å². The summed E-state index contributed by atoms with van der Waals surface area (Å²) < 4.78 is 6.90. The van der Waals surface area contributed by atoms with Crippen LogP contribution in [0.2, 0.25) is 0 Å². The molecular formula is C24H25N3O3S2. The monoisotopic (exact) mass is 467 g/mol. The highest BCUT2D eigenvalue weighted by atomic mass is 32.2. The van der Waals surface area contributed by atoms with E-state index in [-0.39, 0.29) is 17.2 Å². The summed E-state index contributed by atoms with van der Waals surface area (Å²) in [7, 11) is 0. The van der Waals surface area contributed by atoms with Gasteiger partial charge in [-0.2, -0.15) is 0 Å². The molecule has 1 amide bonds. The van der Waals surface area contributed by atoms with Crippen LogP contribution in [0.3, 0.4) is 0 Å². The van der Waals surface area contributed by atoms with Crippen molar-refractivity contribution < 1.29 is 9.21 Å². The average molecular weight is 468 g/mol. The zero-order valence-corrected chi connectivity index (χ0v) is 20.2. The topological polar surface area (TPSA) is 77.1 Å². The highest BCUT2D eigenvalue weighted by molar-refractivity contribution is 7.99. The number of aromatic nitrogens is 2. The molecule has 0 atom stereocenters. The van der Waals surface area contributed by atoms with Crippen molar-refractivity contribution in [2.75, 3.05) is 5.75 Å². The minimum Gasteiger partial charge on any atom is -0.467 e. The van der Waals surface area contributed by atoms with Gasteiger partial charge in [0.25, 0.3) is 5.56 Å². The standard InChI is InChI=1S/C24H25N3O3S2/c1-5-19-16(4)32-22-21(19)23(29)27(17-9-8-14(2)15(3)11-17)24(26-22)31-13-20(28)25-12-18-7-6-10-30-18/h6-11H,5,12-13H2,1-4H3,(H,25,28). The summed E-state index contributed by atoms with van der Waals surface area (Å²) >= 11 is 2.80.